The van der Waals surface area contributed by atoms with E-state index in [1.807, 2.05) is 24.3 Å². The van der Waals surface area contributed by atoms with E-state index in [0.29, 0.717) is 6.04 Å². The Balaban J connectivity index is 1.68. The van der Waals surface area contributed by atoms with Gasteiger partial charge in [-0.2, -0.15) is 4.98 Å². The second kappa shape index (κ2) is 5.81. The summed E-state index contributed by atoms with van der Waals surface area (Å²) in [5, 5.41) is 11.5. The van der Waals surface area contributed by atoms with Crippen LogP contribution in [0.5, 0.6) is 0 Å². The summed E-state index contributed by atoms with van der Waals surface area (Å²) in [7, 11) is 0. The predicted octanol–water partition coefficient (Wildman–Crippen LogP) is 1.85. The molecule has 1 aliphatic heterocycles. The van der Waals surface area contributed by atoms with E-state index >= 15 is 0 Å². The zero-order valence-electron chi connectivity index (χ0n) is 11.4. The maximum atomic E-state index is 5.89. The minimum atomic E-state index is 0.474. The van der Waals surface area contributed by atoms with Crippen LogP contribution >= 0.6 is 11.6 Å². The van der Waals surface area contributed by atoms with E-state index in [9.17, 15) is 0 Å². The van der Waals surface area contributed by atoms with Crippen LogP contribution in [-0.2, 0) is 6.42 Å². The SMILES string of the molecule is C[C@@H]1CN(c2n[nH]c(Cc3ccc(Cl)cc3)n2)CCN1. The van der Waals surface area contributed by atoms with Gasteiger partial charge in [0.25, 0.3) is 0 Å². The maximum absolute atomic E-state index is 5.89. The van der Waals surface area contributed by atoms with Crippen molar-refractivity contribution in [3.05, 3.63) is 40.7 Å². The molecule has 20 heavy (non-hydrogen) atoms. The molecule has 5 nitrogen and oxygen atoms in total. The van der Waals surface area contributed by atoms with Gasteiger partial charge >= 0.3 is 0 Å². The number of hydrogen-bond donors (Lipinski definition) is 2. The molecule has 1 aromatic heterocycles. The minimum Gasteiger partial charge on any atom is -0.337 e. The van der Waals surface area contributed by atoms with Crippen LogP contribution in [0.1, 0.15) is 18.3 Å². The summed E-state index contributed by atoms with van der Waals surface area (Å²) in [6.07, 6.45) is 0.742. The summed E-state index contributed by atoms with van der Waals surface area (Å²) in [5.74, 6) is 1.68. The van der Waals surface area contributed by atoms with Crippen molar-refractivity contribution in [2.24, 2.45) is 0 Å². The highest BCUT2D eigenvalue weighted by Crippen LogP contribution is 2.14. The standard InChI is InChI=1S/C14H18ClN5/c1-10-9-20(7-6-16-10)14-17-13(18-19-14)8-11-2-4-12(15)5-3-11/h2-5,10,16H,6-9H2,1H3,(H,17,18,19)/t10-/m1/s1. The third-order valence-electron chi connectivity index (χ3n) is 3.46. The van der Waals surface area contributed by atoms with Gasteiger partial charge in [-0.25, -0.2) is 0 Å². The molecule has 106 valence electrons. The quantitative estimate of drug-likeness (QED) is 0.906. The first-order valence-corrected chi connectivity index (χ1v) is 7.22. The lowest BCUT2D eigenvalue weighted by Gasteiger charge is -2.30. The van der Waals surface area contributed by atoms with Gasteiger partial charge in [-0.15, -0.1) is 5.10 Å². The van der Waals surface area contributed by atoms with Gasteiger partial charge < -0.3 is 10.2 Å². The van der Waals surface area contributed by atoms with E-state index in [0.717, 1.165) is 42.9 Å². The highest BCUT2D eigenvalue weighted by molar-refractivity contribution is 6.30. The lowest BCUT2D eigenvalue weighted by atomic mass is 10.1. The van der Waals surface area contributed by atoms with E-state index < -0.39 is 0 Å². The van der Waals surface area contributed by atoms with Gasteiger partial charge in [0, 0.05) is 37.1 Å². The summed E-state index contributed by atoms with van der Waals surface area (Å²) < 4.78 is 0. The van der Waals surface area contributed by atoms with Gasteiger partial charge in [0.15, 0.2) is 0 Å². The van der Waals surface area contributed by atoms with Crippen molar-refractivity contribution in [3.63, 3.8) is 0 Å². The monoisotopic (exact) mass is 291 g/mol. The second-order valence-corrected chi connectivity index (χ2v) is 5.62. The third kappa shape index (κ3) is 3.11. The van der Waals surface area contributed by atoms with Crippen molar-refractivity contribution in [3.8, 4) is 0 Å². The van der Waals surface area contributed by atoms with E-state index in [2.05, 4.69) is 32.3 Å². The zero-order chi connectivity index (χ0) is 13.9. The van der Waals surface area contributed by atoms with Crippen molar-refractivity contribution < 1.29 is 0 Å². The Bertz CT molecular complexity index is 565. The van der Waals surface area contributed by atoms with Crippen molar-refractivity contribution in [1.29, 1.82) is 0 Å². The number of aromatic amines is 1. The number of benzene rings is 1. The summed E-state index contributed by atoms with van der Waals surface area (Å²) in [5.41, 5.74) is 1.17. The number of anilines is 1. The number of piperazine rings is 1. The number of aromatic nitrogens is 3. The molecule has 2 N–H and O–H groups in total. The van der Waals surface area contributed by atoms with Gasteiger partial charge in [-0.3, -0.25) is 5.10 Å². The van der Waals surface area contributed by atoms with Crippen molar-refractivity contribution in [2.75, 3.05) is 24.5 Å². The molecule has 3 rings (SSSR count). The normalized spacial score (nSPS) is 19.3. The summed E-state index contributed by atoms with van der Waals surface area (Å²) >= 11 is 5.89. The molecular formula is C14H18ClN5. The van der Waals surface area contributed by atoms with Gasteiger partial charge in [-0.1, -0.05) is 23.7 Å². The molecule has 0 bridgehead atoms. The van der Waals surface area contributed by atoms with Crippen LogP contribution in [0.4, 0.5) is 5.95 Å². The van der Waals surface area contributed by atoms with E-state index in [1.54, 1.807) is 0 Å². The van der Waals surface area contributed by atoms with E-state index in [-0.39, 0.29) is 0 Å². The molecule has 1 atom stereocenters. The van der Waals surface area contributed by atoms with Gasteiger partial charge in [0.2, 0.25) is 5.95 Å². The molecule has 1 aliphatic rings. The lowest BCUT2D eigenvalue weighted by Crippen LogP contribution is -2.49. The fourth-order valence-electron chi connectivity index (χ4n) is 2.42. The zero-order valence-corrected chi connectivity index (χ0v) is 12.2. The predicted molar refractivity (Wildman–Crippen MR) is 80.3 cm³/mol. The smallest absolute Gasteiger partial charge is 0.244 e. The Morgan fingerprint density at radius 3 is 2.90 bits per heavy atom. The number of nitrogens with zero attached hydrogens (tertiary/aromatic N) is 3. The molecule has 2 aromatic rings. The fourth-order valence-corrected chi connectivity index (χ4v) is 2.54. The first-order chi connectivity index (χ1) is 9.70. The van der Waals surface area contributed by atoms with Crippen molar-refractivity contribution in [1.82, 2.24) is 20.5 Å². The third-order valence-corrected chi connectivity index (χ3v) is 3.71. The molecule has 0 saturated carbocycles. The van der Waals surface area contributed by atoms with Gasteiger partial charge in [0.05, 0.1) is 0 Å². The number of nitrogens with one attached hydrogen (secondary N) is 2. The highest BCUT2D eigenvalue weighted by Gasteiger charge is 2.19. The Hall–Kier alpha value is -1.59. The van der Waals surface area contributed by atoms with E-state index in [4.69, 9.17) is 11.6 Å². The Morgan fingerprint density at radius 1 is 1.35 bits per heavy atom. The molecule has 1 saturated heterocycles. The largest absolute Gasteiger partial charge is 0.337 e. The van der Waals surface area contributed by atoms with Crippen molar-refractivity contribution >= 4 is 17.5 Å². The Morgan fingerprint density at radius 2 is 2.15 bits per heavy atom. The van der Waals surface area contributed by atoms with Crippen LogP contribution in [-0.4, -0.2) is 40.9 Å². The van der Waals surface area contributed by atoms with E-state index in [1.165, 1.54) is 5.56 Å². The molecule has 1 aromatic carbocycles. The molecule has 0 amide bonds. The second-order valence-electron chi connectivity index (χ2n) is 5.19. The number of rotatable bonds is 3. The van der Waals surface area contributed by atoms with Crippen LogP contribution in [0.25, 0.3) is 0 Å². The molecule has 2 heterocycles. The maximum Gasteiger partial charge on any atom is 0.244 e. The first kappa shape index (κ1) is 13.4. The fraction of sp³-hybridized carbons (Fsp3) is 0.429. The van der Waals surface area contributed by atoms with Crippen molar-refractivity contribution in [2.45, 2.75) is 19.4 Å². The summed E-state index contributed by atoms with van der Waals surface area (Å²) in [6, 6.07) is 8.29. The first-order valence-electron chi connectivity index (χ1n) is 6.85. The molecule has 6 heteroatoms. The van der Waals surface area contributed by atoms with Gasteiger partial charge in [0.1, 0.15) is 5.82 Å². The topological polar surface area (TPSA) is 56.8 Å². The number of halogens is 1. The molecule has 0 radical (unpaired) electrons. The highest BCUT2D eigenvalue weighted by atomic mass is 35.5. The Labute approximate surface area is 123 Å². The van der Waals surface area contributed by atoms with Crippen LogP contribution in [0, 0.1) is 0 Å². The van der Waals surface area contributed by atoms with Crippen LogP contribution in [0.3, 0.4) is 0 Å². The molecule has 0 aliphatic carbocycles. The van der Waals surface area contributed by atoms with Gasteiger partial charge in [-0.05, 0) is 24.6 Å². The van der Waals surface area contributed by atoms with Crippen LogP contribution in [0.15, 0.2) is 24.3 Å². The Kier molecular flexibility index (Phi) is 3.89. The molecular weight excluding hydrogens is 274 g/mol. The molecule has 0 unspecified atom stereocenters. The number of hydrogen-bond acceptors (Lipinski definition) is 4. The van der Waals surface area contributed by atoms with Crippen LogP contribution in [0.2, 0.25) is 5.02 Å². The summed E-state index contributed by atoms with van der Waals surface area (Å²) in [6.45, 7) is 5.04. The minimum absolute atomic E-state index is 0.474. The van der Waals surface area contributed by atoms with Crippen LogP contribution < -0.4 is 10.2 Å². The summed E-state index contributed by atoms with van der Waals surface area (Å²) in [4.78, 5) is 6.80. The number of H-pyrrole nitrogens is 1. The average Bonchev–Trinajstić information content (AvgIpc) is 2.90. The molecule has 1 fully saturated rings. The lowest BCUT2D eigenvalue weighted by molar-refractivity contribution is 0.480. The molecule has 0 spiro atoms. The average molecular weight is 292 g/mol.